The maximum atomic E-state index is 5.65. The smallest absolute Gasteiger partial charge is 0.170 e. The van der Waals surface area contributed by atoms with Gasteiger partial charge in [0.15, 0.2) is 5.11 Å². The minimum atomic E-state index is 0.0448. The van der Waals surface area contributed by atoms with Crippen LogP contribution in [-0.4, -0.2) is 26.1 Å². The lowest BCUT2D eigenvalue weighted by molar-refractivity contribution is 0.329. The van der Waals surface area contributed by atoms with Gasteiger partial charge < -0.3 is 14.8 Å². The van der Waals surface area contributed by atoms with E-state index in [9.17, 15) is 0 Å². The van der Waals surface area contributed by atoms with Crippen molar-refractivity contribution in [1.29, 1.82) is 0 Å². The Labute approximate surface area is 165 Å². The Morgan fingerprint density at radius 1 is 1.07 bits per heavy atom. The number of rotatable bonds is 4. The summed E-state index contributed by atoms with van der Waals surface area (Å²) in [6.07, 6.45) is 1.85. The van der Waals surface area contributed by atoms with Gasteiger partial charge in [-0.15, -0.1) is 0 Å². The summed E-state index contributed by atoms with van der Waals surface area (Å²) in [5, 5.41) is 4.30. The monoisotopic (exact) mass is 376 g/mol. The van der Waals surface area contributed by atoms with Gasteiger partial charge in [-0.05, 0) is 68.9 Å². The quantitative estimate of drug-likeness (QED) is 0.681. The highest BCUT2D eigenvalue weighted by atomic mass is 32.1. The second kappa shape index (κ2) is 7.16. The molecule has 3 heterocycles. The number of nitrogens with zero attached hydrogens (tertiary/aromatic N) is 3. The molecule has 0 radical (unpaired) electrons. The molecule has 4 rings (SSSR count). The number of hydrogen-bond acceptors (Lipinski definition) is 2. The molecular weight excluding hydrogens is 352 g/mol. The largest absolute Gasteiger partial charge is 0.352 e. The number of aromatic nitrogens is 2. The highest BCUT2D eigenvalue weighted by molar-refractivity contribution is 7.80. The summed E-state index contributed by atoms with van der Waals surface area (Å²) in [5.74, 6) is 0. The lowest BCUT2D eigenvalue weighted by atomic mass is 9.97. The van der Waals surface area contributed by atoms with Crippen LogP contribution in [0.2, 0.25) is 0 Å². The average molecular weight is 377 g/mol. The topological polar surface area (TPSA) is 33.1 Å². The molecule has 3 aromatic rings. The molecule has 1 aliphatic rings. The summed E-state index contributed by atoms with van der Waals surface area (Å²) in [6, 6.07) is 19.0. The van der Waals surface area contributed by atoms with E-state index >= 15 is 0 Å². The first kappa shape index (κ1) is 17.7. The van der Waals surface area contributed by atoms with Gasteiger partial charge in [-0.25, -0.2) is 0 Å². The summed E-state index contributed by atoms with van der Waals surface area (Å²) in [7, 11) is 0. The predicted octanol–water partition coefficient (Wildman–Crippen LogP) is 4.48. The number of hydrogen-bond donors (Lipinski definition) is 1. The third-order valence-corrected chi connectivity index (χ3v) is 5.69. The van der Waals surface area contributed by atoms with Crippen molar-refractivity contribution in [2.45, 2.75) is 32.9 Å². The van der Waals surface area contributed by atoms with Crippen LogP contribution >= 0.6 is 12.2 Å². The van der Waals surface area contributed by atoms with Crippen LogP contribution in [0.4, 0.5) is 0 Å². The highest BCUT2D eigenvalue weighted by Gasteiger charge is 2.40. The van der Waals surface area contributed by atoms with E-state index in [1.165, 1.54) is 22.6 Å². The number of benzene rings is 1. The Morgan fingerprint density at radius 2 is 1.81 bits per heavy atom. The number of nitrogens with one attached hydrogen (secondary N) is 1. The van der Waals surface area contributed by atoms with Crippen molar-refractivity contribution < 1.29 is 0 Å². The predicted molar refractivity (Wildman–Crippen MR) is 113 cm³/mol. The Kier molecular flexibility index (Phi) is 4.70. The second-order valence-electron chi connectivity index (χ2n) is 6.91. The van der Waals surface area contributed by atoms with Crippen LogP contribution in [0, 0.1) is 13.8 Å². The van der Waals surface area contributed by atoms with Gasteiger partial charge in [0.05, 0.1) is 17.8 Å². The lowest BCUT2D eigenvalue weighted by Crippen LogP contribution is -2.29. The van der Waals surface area contributed by atoms with Gasteiger partial charge in [-0.1, -0.05) is 24.3 Å². The zero-order chi connectivity index (χ0) is 19.0. The molecule has 27 heavy (non-hydrogen) atoms. The van der Waals surface area contributed by atoms with E-state index in [2.05, 4.69) is 76.9 Å². The van der Waals surface area contributed by atoms with Crippen molar-refractivity contribution in [2.75, 3.05) is 6.54 Å². The van der Waals surface area contributed by atoms with E-state index in [0.717, 1.165) is 17.4 Å². The molecule has 1 aromatic carbocycles. The van der Waals surface area contributed by atoms with Crippen molar-refractivity contribution in [3.05, 3.63) is 83.4 Å². The molecule has 1 aliphatic heterocycles. The Balaban J connectivity index is 1.84. The molecule has 5 heteroatoms. The van der Waals surface area contributed by atoms with Gasteiger partial charge in [-0.2, -0.15) is 0 Å². The number of para-hydroxylation sites is 1. The molecule has 1 fully saturated rings. The first-order chi connectivity index (χ1) is 13.1. The molecule has 2 atom stereocenters. The molecule has 1 saturated heterocycles. The van der Waals surface area contributed by atoms with E-state index in [-0.39, 0.29) is 12.1 Å². The van der Waals surface area contributed by atoms with Crippen LogP contribution in [-0.2, 0) is 0 Å². The molecule has 0 bridgehead atoms. The van der Waals surface area contributed by atoms with Crippen LogP contribution < -0.4 is 5.32 Å². The number of aryl methyl sites for hydroxylation is 1. The lowest BCUT2D eigenvalue weighted by Gasteiger charge is -2.27. The van der Waals surface area contributed by atoms with Gasteiger partial charge in [0, 0.05) is 29.8 Å². The van der Waals surface area contributed by atoms with Gasteiger partial charge in [0.1, 0.15) is 0 Å². The highest BCUT2D eigenvalue weighted by Crippen LogP contribution is 2.41. The summed E-state index contributed by atoms with van der Waals surface area (Å²) in [6.45, 7) is 7.36. The first-order valence-electron chi connectivity index (χ1n) is 9.34. The van der Waals surface area contributed by atoms with Crippen LogP contribution in [0.1, 0.15) is 41.7 Å². The Bertz CT molecular complexity index is 949. The van der Waals surface area contributed by atoms with E-state index in [1.807, 2.05) is 24.4 Å². The van der Waals surface area contributed by atoms with Gasteiger partial charge in [-0.3, -0.25) is 4.98 Å². The standard InChI is InChI=1S/C22H24N4S/c1-4-25-21(20(24-22(25)27)19-12-8-9-13-23-19)18-14-15(2)26(16(18)3)17-10-6-5-7-11-17/h5-14,20-21H,4H2,1-3H3,(H,24,27). The fraction of sp³-hybridized carbons (Fsp3) is 0.273. The van der Waals surface area contributed by atoms with Crippen molar-refractivity contribution in [3.8, 4) is 5.69 Å². The molecule has 138 valence electrons. The molecule has 0 aliphatic carbocycles. The molecule has 4 nitrogen and oxygen atoms in total. The maximum Gasteiger partial charge on any atom is 0.170 e. The molecule has 1 N–H and O–H groups in total. The van der Waals surface area contributed by atoms with E-state index < -0.39 is 0 Å². The van der Waals surface area contributed by atoms with Crippen molar-refractivity contribution >= 4 is 17.3 Å². The van der Waals surface area contributed by atoms with Gasteiger partial charge in [0.25, 0.3) is 0 Å². The molecule has 0 amide bonds. The third kappa shape index (κ3) is 3.02. The summed E-state index contributed by atoms with van der Waals surface area (Å²) in [4.78, 5) is 6.87. The van der Waals surface area contributed by atoms with Gasteiger partial charge >= 0.3 is 0 Å². The molecule has 2 aromatic heterocycles. The number of pyridine rings is 1. The zero-order valence-electron chi connectivity index (χ0n) is 15.9. The fourth-order valence-corrected chi connectivity index (χ4v) is 4.52. The van der Waals surface area contributed by atoms with E-state index in [1.54, 1.807) is 0 Å². The molecule has 2 unspecified atom stereocenters. The molecule has 0 spiro atoms. The molecular formula is C22H24N4S. The second-order valence-corrected chi connectivity index (χ2v) is 7.30. The normalized spacial score (nSPS) is 19.4. The third-order valence-electron chi connectivity index (χ3n) is 5.34. The van der Waals surface area contributed by atoms with Crippen molar-refractivity contribution in [3.63, 3.8) is 0 Å². The minimum Gasteiger partial charge on any atom is -0.352 e. The number of likely N-dealkylation sites (N-methyl/N-ethyl adjacent to an activating group) is 1. The van der Waals surface area contributed by atoms with Crippen molar-refractivity contribution in [1.82, 2.24) is 19.8 Å². The first-order valence-corrected chi connectivity index (χ1v) is 9.75. The number of thiocarbonyl (C=S) groups is 1. The van der Waals surface area contributed by atoms with E-state index in [0.29, 0.717) is 0 Å². The van der Waals surface area contributed by atoms with Crippen LogP contribution in [0.5, 0.6) is 0 Å². The minimum absolute atomic E-state index is 0.0448. The average Bonchev–Trinajstić information content (AvgIpc) is 3.18. The fourth-order valence-electron chi connectivity index (χ4n) is 4.15. The molecule has 0 saturated carbocycles. The van der Waals surface area contributed by atoms with Crippen molar-refractivity contribution in [2.24, 2.45) is 0 Å². The Morgan fingerprint density at radius 3 is 2.48 bits per heavy atom. The zero-order valence-corrected chi connectivity index (χ0v) is 16.7. The van der Waals surface area contributed by atoms with Crippen LogP contribution in [0.25, 0.3) is 5.69 Å². The Hall–Kier alpha value is -2.66. The summed E-state index contributed by atoms with van der Waals surface area (Å²) in [5.41, 5.74) is 5.97. The van der Waals surface area contributed by atoms with E-state index in [4.69, 9.17) is 12.2 Å². The maximum absolute atomic E-state index is 5.65. The van der Waals surface area contributed by atoms with Crippen LogP contribution in [0.3, 0.4) is 0 Å². The van der Waals surface area contributed by atoms with Gasteiger partial charge in [0.2, 0.25) is 0 Å². The van der Waals surface area contributed by atoms with Crippen LogP contribution in [0.15, 0.2) is 60.8 Å². The summed E-state index contributed by atoms with van der Waals surface area (Å²) >= 11 is 5.65. The SMILES string of the molecule is CCN1C(=S)NC(c2ccccn2)C1c1cc(C)n(-c2ccccc2)c1C. The summed E-state index contributed by atoms with van der Waals surface area (Å²) < 4.78 is 2.32.